The van der Waals surface area contributed by atoms with Crippen molar-refractivity contribution in [2.45, 2.75) is 40.7 Å². The largest absolute Gasteiger partial charge is 0.356 e. The van der Waals surface area contributed by atoms with Crippen LogP contribution in [0.2, 0.25) is 0 Å². The summed E-state index contributed by atoms with van der Waals surface area (Å²) in [7, 11) is 3.27. The number of aliphatic imine (C=N–C) groups is 2. The Balaban J connectivity index is 0.000000471. The number of nitrogens with one attached hydrogen (secondary N) is 6. The minimum atomic E-state index is -0.316. The van der Waals surface area contributed by atoms with Crippen molar-refractivity contribution < 1.29 is 9.59 Å². The molecule has 0 spiro atoms. The molecule has 262 valence electrons. The SMILES string of the molecule is CN=C(NCCc1ccccc1)NC(=O)Nc1c(C)cccc1C.CN=C(NCc1ccccc1)NC(=O)Nc1c(C)cccc1C.Cl.Cl. The molecule has 0 atom stereocenters. The van der Waals surface area contributed by atoms with E-state index in [0.717, 1.165) is 45.6 Å². The van der Waals surface area contributed by atoms with Gasteiger partial charge in [-0.05, 0) is 67.5 Å². The Labute approximate surface area is 302 Å². The van der Waals surface area contributed by atoms with Crippen LogP contribution in [0.5, 0.6) is 0 Å². The molecule has 0 aliphatic carbocycles. The molecule has 4 aromatic carbocycles. The van der Waals surface area contributed by atoms with E-state index in [1.807, 2.05) is 113 Å². The second-order valence-electron chi connectivity index (χ2n) is 10.8. The lowest BCUT2D eigenvalue weighted by atomic mass is 10.1. The molecule has 0 bridgehead atoms. The van der Waals surface area contributed by atoms with E-state index < -0.39 is 0 Å². The fourth-order valence-corrected chi connectivity index (χ4v) is 4.64. The second kappa shape index (κ2) is 22.5. The van der Waals surface area contributed by atoms with Crippen molar-refractivity contribution in [2.24, 2.45) is 9.98 Å². The highest BCUT2D eigenvalue weighted by atomic mass is 35.5. The topological polar surface area (TPSA) is 131 Å². The Kier molecular flexibility index (Phi) is 19.3. The fourth-order valence-electron chi connectivity index (χ4n) is 4.64. The first kappa shape index (κ1) is 42.0. The quantitative estimate of drug-likeness (QED) is 0.0890. The number of carbonyl (C=O) groups excluding carboxylic acids is 2. The highest BCUT2D eigenvalue weighted by Gasteiger charge is 2.10. The molecule has 0 saturated heterocycles. The van der Waals surface area contributed by atoms with Crippen molar-refractivity contribution in [2.75, 3.05) is 31.3 Å². The molecule has 0 saturated carbocycles. The number of nitrogens with zero attached hydrogens (tertiary/aromatic N) is 2. The van der Waals surface area contributed by atoms with E-state index in [4.69, 9.17) is 0 Å². The zero-order chi connectivity index (χ0) is 34.0. The molecule has 0 aliphatic rings. The van der Waals surface area contributed by atoms with Gasteiger partial charge in [0.15, 0.2) is 11.9 Å². The van der Waals surface area contributed by atoms with Crippen LogP contribution in [0.3, 0.4) is 0 Å². The summed E-state index contributed by atoms with van der Waals surface area (Å²) in [6.45, 7) is 9.15. The van der Waals surface area contributed by atoms with Crippen LogP contribution in [-0.2, 0) is 13.0 Å². The molecular formula is C37H48Cl2N8O2. The normalized spacial score (nSPS) is 10.6. The number of amides is 4. The Bertz CT molecular complexity index is 1630. The monoisotopic (exact) mass is 706 g/mol. The van der Waals surface area contributed by atoms with Crippen molar-refractivity contribution >= 4 is 60.2 Å². The summed E-state index contributed by atoms with van der Waals surface area (Å²) in [5.74, 6) is 0.882. The zero-order valence-electron chi connectivity index (χ0n) is 28.9. The summed E-state index contributed by atoms with van der Waals surface area (Å²) in [6.07, 6.45) is 0.861. The molecule has 4 amide bonds. The predicted molar refractivity (Wildman–Crippen MR) is 209 cm³/mol. The van der Waals surface area contributed by atoms with Gasteiger partial charge in [0, 0.05) is 38.6 Å². The van der Waals surface area contributed by atoms with Crippen LogP contribution in [0.15, 0.2) is 107 Å². The van der Waals surface area contributed by atoms with Crippen molar-refractivity contribution in [1.29, 1.82) is 0 Å². The third-order valence-corrected chi connectivity index (χ3v) is 7.20. The highest BCUT2D eigenvalue weighted by molar-refractivity contribution is 6.03. The van der Waals surface area contributed by atoms with Crippen molar-refractivity contribution in [3.8, 4) is 0 Å². The molecule has 4 aromatic rings. The summed E-state index contributed by atoms with van der Waals surface area (Å²) in [6, 6.07) is 31.3. The van der Waals surface area contributed by atoms with Crippen LogP contribution in [-0.4, -0.2) is 44.6 Å². The molecule has 0 heterocycles. The van der Waals surface area contributed by atoms with Gasteiger partial charge in [-0.15, -0.1) is 24.8 Å². The number of hydrogen-bond donors (Lipinski definition) is 6. The molecule has 0 aliphatic heterocycles. The fraction of sp³-hybridized carbons (Fsp3) is 0.243. The van der Waals surface area contributed by atoms with E-state index in [1.165, 1.54) is 5.56 Å². The number of hydrogen-bond acceptors (Lipinski definition) is 4. The van der Waals surface area contributed by atoms with Gasteiger partial charge in [0.2, 0.25) is 0 Å². The van der Waals surface area contributed by atoms with E-state index in [1.54, 1.807) is 14.1 Å². The van der Waals surface area contributed by atoms with E-state index in [9.17, 15) is 9.59 Å². The number of aryl methyl sites for hydroxylation is 4. The van der Waals surface area contributed by atoms with Crippen molar-refractivity contribution in [3.63, 3.8) is 0 Å². The van der Waals surface area contributed by atoms with Crippen LogP contribution in [0, 0.1) is 27.7 Å². The van der Waals surface area contributed by atoms with Gasteiger partial charge in [-0.3, -0.25) is 20.6 Å². The standard InChI is InChI=1S/C19H24N4O.C18H22N4O.2ClH/c1-14-8-7-9-15(2)17(14)22-19(24)23-18(20-3)21-13-12-16-10-5-4-6-11-16;1-13-8-7-9-14(2)16(13)21-18(23)22-17(19-3)20-12-15-10-5-4-6-11-15;;/h4-11H,12-13H2,1-3H3,(H3,20,21,22,23,24);4-11H,12H2,1-3H3,(H3,19,20,21,22,23);2*1H. The Morgan fingerprint density at radius 2 is 0.918 bits per heavy atom. The first-order valence-corrected chi connectivity index (χ1v) is 15.5. The molecule has 0 fully saturated rings. The Hall–Kier alpha value is -5.06. The molecule has 0 unspecified atom stereocenters. The number of halogens is 2. The van der Waals surface area contributed by atoms with E-state index in [0.29, 0.717) is 25.0 Å². The number of urea groups is 2. The molecule has 10 nitrogen and oxygen atoms in total. The third kappa shape index (κ3) is 14.7. The summed E-state index contributed by atoms with van der Waals surface area (Å²) < 4.78 is 0. The minimum Gasteiger partial charge on any atom is -0.356 e. The first-order chi connectivity index (χ1) is 22.7. The van der Waals surface area contributed by atoms with Gasteiger partial charge >= 0.3 is 12.1 Å². The van der Waals surface area contributed by atoms with E-state index in [2.05, 4.69) is 54.0 Å². The van der Waals surface area contributed by atoms with Gasteiger partial charge in [0.25, 0.3) is 0 Å². The predicted octanol–water partition coefficient (Wildman–Crippen LogP) is 7.29. The average molecular weight is 708 g/mol. The number of rotatable bonds is 7. The number of benzene rings is 4. The van der Waals surface area contributed by atoms with Gasteiger partial charge in [0.1, 0.15) is 0 Å². The van der Waals surface area contributed by atoms with Crippen molar-refractivity contribution in [3.05, 3.63) is 130 Å². The van der Waals surface area contributed by atoms with E-state index >= 15 is 0 Å². The number of carbonyl (C=O) groups is 2. The summed E-state index contributed by atoms with van der Waals surface area (Å²) in [4.78, 5) is 32.5. The van der Waals surface area contributed by atoms with Crippen molar-refractivity contribution in [1.82, 2.24) is 21.3 Å². The molecule has 0 aromatic heterocycles. The number of guanidine groups is 2. The molecule has 0 radical (unpaired) electrons. The maximum absolute atomic E-state index is 12.2. The van der Waals surface area contributed by atoms with Gasteiger partial charge < -0.3 is 21.3 Å². The molecule has 49 heavy (non-hydrogen) atoms. The highest BCUT2D eigenvalue weighted by Crippen LogP contribution is 2.20. The lowest BCUT2D eigenvalue weighted by molar-refractivity contribution is 0.255. The van der Waals surface area contributed by atoms with Crippen LogP contribution in [0.25, 0.3) is 0 Å². The molecule has 4 rings (SSSR count). The summed E-state index contributed by atoms with van der Waals surface area (Å²) >= 11 is 0. The maximum atomic E-state index is 12.2. The van der Waals surface area contributed by atoms with Gasteiger partial charge in [-0.25, -0.2) is 9.59 Å². The molecular weight excluding hydrogens is 659 g/mol. The Morgan fingerprint density at radius 1 is 0.531 bits per heavy atom. The zero-order valence-corrected chi connectivity index (χ0v) is 30.5. The summed E-state index contributed by atoms with van der Waals surface area (Å²) in [5.41, 5.74) is 8.10. The van der Waals surface area contributed by atoms with Gasteiger partial charge in [0.05, 0.1) is 0 Å². The van der Waals surface area contributed by atoms with E-state index in [-0.39, 0.29) is 36.9 Å². The summed E-state index contributed by atoms with van der Waals surface area (Å²) in [5, 5.41) is 17.5. The maximum Gasteiger partial charge on any atom is 0.326 e. The van der Waals surface area contributed by atoms with Gasteiger partial charge in [-0.1, -0.05) is 97.1 Å². The van der Waals surface area contributed by atoms with Crippen LogP contribution in [0.1, 0.15) is 33.4 Å². The smallest absolute Gasteiger partial charge is 0.326 e. The van der Waals surface area contributed by atoms with Crippen LogP contribution < -0.4 is 31.9 Å². The lowest BCUT2D eigenvalue weighted by Crippen LogP contribution is -2.43. The lowest BCUT2D eigenvalue weighted by Gasteiger charge is -2.14. The first-order valence-electron chi connectivity index (χ1n) is 15.5. The minimum absolute atomic E-state index is 0. The molecule has 6 N–H and O–H groups in total. The third-order valence-electron chi connectivity index (χ3n) is 7.20. The van der Waals surface area contributed by atoms with Gasteiger partial charge in [-0.2, -0.15) is 0 Å². The Morgan fingerprint density at radius 3 is 1.33 bits per heavy atom. The second-order valence-corrected chi connectivity index (χ2v) is 10.8. The van der Waals surface area contributed by atoms with Crippen LogP contribution >= 0.6 is 24.8 Å². The molecule has 12 heteroatoms. The number of anilines is 2. The average Bonchev–Trinajstić information content (AvgIpc) is 3.07. The number of para-hydroxylation sites is 2. The van der Waals surface area contributed by atoms with Crippen LogP contribution in [0.4, 0.5) is 21.0 Å².